The minimum atomic E-state index is -1.39. The van der Waals surface area contributed by atoms with Gasteiger partial charge in [0.2, 0.25) is 6.79 Å². The first-order chi connectivity index (χ1) is 14.1. The number of thiophene rings is 2. The molecule has 1 atom stereocenters. The maximum atomic E-state index is 12.3. The molecule has 1 aromatic carbocycles. The number of aliphatic hydroxyl groups is 1. The molecule has 1 aliphatic heterocycles. The first-order valence-electron chi connectivity index (χ1n) is 8.80. The van der Waals surface area contributed by atoms with Crippen molar-refractivity contribution in [1.82, 2.24) is 10.6 Å². The molecule has 2 aromatic heterocycles. The standard InChI is InChI=1S/C20H18N2O5S2/c23-18(21-9-13-3-4-15-16(8-13)27-12-26-15)19(24)22-11-20(25,14-5-7-28-10-14)17-2-1-6-29-17/h1-8,10,25H,9,11-12H2,(H,21,23)(H,22,24)/t20-/m1/s1. The van der Waals surface area contributed by atoms with E-state index >= 15 is 0 Å². The molecule has 3 N–H and O–H groups in total. The highest BCUT2D eigenvalue weighted by atomic mass is 32.1. The second-order valence-corrected chi connectivity index (χ2v) is 8.13. The highest BCUT2D eigenvalue weighted by Gasteiger charge is 2.34. The Hall–Kier alpha value is -2.88. The molecule has 0 unspecified atom stereocenters. The average molecular weight is 431 g/mol. The van der Waals surface area contributed by atoms with Crippen molar-refractivity contribution in [2.24, 2.45) is 0 Å². The first-order valence-corrected chi connectivity index (χ1v) is 10.6. The van der Waals surface area contributed by atoms with E-state index in [1.807, 2.05) is 22.2 Å². The third-order valence-electron chi connectivity index (χ3n) is 4.53. The minimum Gasteiger partial charge on any atom is -0.454 e. The number of ether oxygens (including phenoxy) is 2. The van der Waals surface area contributed by atoms with Crippen molar-refractivity contribution in [3.8, 4) is 11.5 Å². The van der Waals surface area contributed by atoms with Gasteiger partial charge < -0.3 is 25.2 Å². The van der Waals surface area contributed by atoms with Crippen molar-refractivity contribution < 1.29 is 24.2 Å². The summed E-state index contributed by atoms with van der Waals surface area (Å²) in [5.41, 5.74) is 0.0660. The molecule has 2 amide bonds. The quantitative estimate of drug-likeness (QED) is 0.521. The summed E-state index contributed by atoms with van der Waals surface area (Å²) >= 11 is 2.84. The number of nitrogens with one attached hydrogen (secondary N) is 2. The van der Waals surface area contributed by atoms with E-state index < -0.39 is 17.4 Å². The molecule has 150 valence electrons. The summed E-state index contributed by atoms with van der Waals surface area (Å²) in [5.74, 6) is -0.324. The lowest BCUT2D eigenvalue weighted by Crippen LogP contribution is -2.46. The fourth-order valence-corrected chi connectivity index (χ4v) is 4.52. The average Bonchev–Trinajstić information content (AvgIpc) is 3.51. The molecule has 0 fully saturated rings. The predicted octanol–water partition coefficient (Wildman–Crippen LogP) is 2.21. The molecule has 0 saturated heterocycles. The van der Waals surface area contributed by atoms with Crippen molar-refractivity contribution in [2.75, 3.05) is 13.3 Å². The highest BCUT2D eigenvalue weighted by Crippen LogP contribution is 2.34. The van der Waals surface area contributed by atoms with Crippen LogP contribution in [-0.4, -0.2) is 30.3 Å². The number of benzene rings is 1. The summed E-state index contributed by atoms with van der Waals surface area (Å²) in [6, 6.07) is 10.7. The van der Waals surface area contributed by atoms with Crippen LogP contribution in [0.15, 0.2) is 52.5 Å². The van der Waals surface area contributed by atoms with Gasteiger partial charge in [-0.25, -0.2) is 0 Å². The SMILES string of the molecule is O=C(NCc1ccc2c(c1)OCO2)C(=O)NC[C@@](O)(c1ccsc1)c1cccs1. The smallest absolute Gasteiger partial charge is 0.309 e. The molecule has 9 heteroatoms. The van der Waals surface area contributed by atoms with Crippen molar-refractivity contribution in [3.63, 3.8) is 0 Å². The zero-order chi connectivity index (χ0) is 20.3. The first kappa shape index (κ1) is 19.4. The molecule has 29 heavy (non-hydrogen) atoms. The third kappa shape index (κ3) is 4.12. The van der Waals surface area contributed by atoms with Crippen molar-refractivity contribution >= 4 is 34.5 Å². The summed E-state index contributed by atoms with van der Waals surface area (Å²) in [7, 11) is 0. The zero-order valence-corrected chi connectivity index (χ0v) is 16.8. The zero-order valence-electron chi connectivity index (χ0n) is 15.2. The van der Waals surface area contributed by atoms with Crippen LogP contribution in [-0.2, 0) is 21.7 Å². The number of amides is 2. The lowest BCUT2D eigenvalue weighted by molar-refractivity contribution is -0.139. The molecule has 0 spiro atoms. The van der Waals surface area contributed by atoms with Crippen LogP contribution in [0.2, 0.25) is 0 Å². The van der Waals surface area contributed by atoms with Crippen LogP contribution in [0.4, 0.5) is 0 Å². The summed E-state index contributed by atoms with van der Waals surface area (Å²) in [5, 5.41) is 21.9. The van der Waals surface area contributed by atoms with Gasteiger partial charge in [-0.3, -0.25) is 9.59 Å². The molecule has 3 aromatic rings. The van der Waals surface area contributed by atoms with E-state index in [4.69, 9.17) is 9.47 Å². The monoisotopic (exact) mass is 430 g/mol. The van der Waals surface area contributed by atoms with Crippen LogP contribution in [0.5, 0.6) is 11.5 Å². The van der Waals surface area contributed by atoms with Crippen molar-refractivity contribution in [3.05, 3.63) is 68.5 Å². The molecule has 0 saturated carbocycles. The Kier molecular flexibility index (Phi) is 5.52. The Morgan fingerprint density at radius 1 is 1.07 bits per heavy atom. The Balaban J connectivity index is 1.36. The van der Waals surface area contributed by atoms with Gasteiger partial charge in [-0.2, -0.15) is 11.3 Å². The number of hydrogen-bond acceptors (Lipinski definition) is 7. The summed E-state index contributed by atoms with van der Waals surface area (Å²) in [6.45, 7) is 0.230. The summed E-state index contributed by atoms with van der Waals surface area (Å²) < 4.78 is 10.5. The number of rotatable bonds is 6. The van der Waals surface area contributed by atoms with E-state index in [2.05, 4.69) is 10.6 Å². The van der Waals surface area contributed by atoms with E-state index in [0.717, 1.165) is 5.56 Å². The largest absolute Gasteiger partial charge is 0.454 e. The minimum absolute atomic E-state index is 0.111. The molecule has 3 heterocycles. The van der Waals surface area contributed by atoms with Gasteiger partial charge in [-0.15, -0.1) is 11.3 Å². The molecular formula is C20H18N2O5S2. The van der Waals surface area contributed by atoms with E-state index in [-0.39, 0.29) is 19.9 Å². The number of hydrogen-bond donors (Lipinski definition) is 3. The van der Waals surface area contributed by atoms with E-state index in [1.165, 1.54) is 22.7 Å². The fraction of sp³-hybridized carbons (Fsp3) is 0.200. The van der Waals surface area contributed by atoms with Gasteiger partial charge >= 0.3 is 11.8 Å². The number of carbonyl (C=O) groups is 2. The fourth-order valence-electron chi connectivity index (χ4n) is 2.95. The van der Waals surface area contributed by atoms with Gasteiger partial charge in [0.15, 0.2) is 11.5 Å². The molecule has 0 aliphatic carbocycles. The van der Waals surface area contributed by atoms with E-state index in [1.54, 1.807) is 30.3 Å². The molecular weight excluding hydrogens is 412 g/mol. The maximum Gasteiger partial charge on any atom is 0.309 e. The number of fused-ring (bicyclic) bond motifs is 1. The Labute approximate surface area is 174 Å². The van der Waals surface area contributed by atoms with E-state index in [9.17, 15) is 14.7 Å². The second-order valence-electron chi connectivity index (χ2n) is 6.40. The van der Waals surface area contributed by atoms with Gasteiger partial charge in [0.05, 0.1) is 6.54 Å². The van der Waals surface area contributed by atoms with Gasteiger partial charge in [-0.1, -0.05) is 12.1 Å². The highest BCUT2D eigenvalue weighted by molar-refractivity contribution is 7.10. The van der Waals surface area contributed by atoms with E-state index in [0.29, 0.717) is 21.9 Å². The predicted molar refractivity (Wildman–Crippen MR) is 109 cm³/mol. The van der Waals surface area contributed by atoms with Crippen LogP contribution < -0.4 is 20.1 Å². The topological polar surface area (TPSA) is 96.9 Å². The maximum absolute atomic E-state index is 12.3. The normalized spacial score (nSPS) is 14.2. The Morgan fingerprint density at radius 2 is 1.90 bits per heavy atom. The Morgan fingerprint density at radius 3 is 2.66 bits per heavy atom. The molecule has 4 rings (SSSR count). The van der Waals surface area contributed by atoms with Crippen LogP contribution in [0.3, 0.4) is 0 Å². The molecule has 0 bridgehead atoms. The molecule has 7 nitrogen and oxygen atoms in total. The van der Waals surface area contributed by atoms with Crippen molar-refractivity contribution in [2.45, 2.75) is 12.1 Å². The van der Waals surface area contributed by atoms with Gasteiger partial charge in [0.1, 0.15) is 5.60 Å². The summed E-state index contributed by atoms with van der Waals surface area (Å²) in [4.78, 5) is 25.1. The van der Waals surface area contributed by atoms with Crippen molar-refractivity contribution in [1.29, 1.82) is 0 Å². The van der Waals surface area contributed by atoms with Crippen LogP contribution in [0.1, 0.15) is 16.0 Å². The van der Waals surface area contributed by atoms with Gasteiger partial charge in [0, 0.05) is 17.0 Å². The Bertz CT molecular complexity index is 968. The second kappa shape index (κ2) is 8.24. The molecule has 0 radical (unpaired) electrons. The molecule has 1 aliphatic rings. The number of carbonyl (C=O) groups excluding carboxylic acids is 2. The van der Waals surface area contributed by atoms with Crippen LogP contribution >= 0.6 is 22.7 Å². The van der Waals surface area contributed by atoms with Crippen LogP contribution in [0.25, 0.3) is 0 Å². The van der Waals surface area contributed by atoms with Crippen LogP contribution in [0, 0.1) is 0 Å². The summed E-state index contributed by atoms with van der Waals surface area (Å²) in [6.07, 6.45) is 0. The lowest BCUT2D eigenvalue weighted by atomic mass is 9.94. The van der Waals surface area contributed by atoms with Gasteiger partial charge in [-0.05, 0) is 46.0 Å². The van der Waals surface area contributed by atoms with Gasteiger partial charge in [0.25, 0.3) is 0 Å². The lowest BCUT2D eigenvalue weighted by Gasteiger charge is -2.26. The third-order valence-corrected chi connectivity index (χ3v) is 6.23.